The van der Waals surface area contributed by atoms with Crippen LogP contribution >= 0.6 is 0 Å². The van der Waals surface area contributed by atoms with Gasteiger partial charge in [0, 0.05) is 93.6 Å². The van der Waals surface area contributed by atoms with Crippen molar-refractivity contribution in [3.05, 3.63) is 177 Å². The Bertz CT molecular complexity index is 5070. The minimum absolute atomic E-state index is 0.0102. The molecule has 0 saturated heterocycles. The van der Waals surface area contributed by atoms with Crippen LogP contribution in [0.4, 0.5) is 0 Å². The molecule has 0 aliphatic carbocycles. The quantitative estimate of drug-likeness (QED) is 0.0203. The van der Waals surface area contributed by atoms with E-state index in [0.717, 1.165) is 5.52 Å². The number of hydroxylamine groups is 4. The minimum Gasteiger partial charge on any atom is -0.491 e. The summed E-state index contributed by atoms with van der Waals surface area (Å²) in [7, 11) is 7.27. The Morgan fingerprint density at radius 1 is 0.311 bits per heavy atom. The molecule has 11 rings (SSSR count). The molecule has 132 heavy (non-hydrogen) atoms. The number of aromatic nitrogens is 4. The van der Waals surface area contributed by atoms with E-state index in [1.807, 2.05) is 115 Å². The van der Waals surface area contributed by atoms with Crippen LogP contribution in [0.2, 0.25) is 16.6 Å². The van der Waals surface area contributed by atoms with Gasteiger partial charge in [0.25, 0.3) is 11.8 Å². The molecular weight excluding hydrogens is 1710 g/mol. The van der Waals surface area contributed by atoms with E-state index in [-0.39, 0.29) is 102 Å². The molecule has 30 nitrogen and oxygen atoms in total. The highest BCUT2D eigenvalue weighted by Crippen LogP contribution is 2.48. The van der Waals surface area contributed by atoms with Crippen molar-refractivity contribution in [2.45, 2.75) is 58.2 Å². The van der Waals surface area contributed by atoms with E-state index in [4.69, 9.17) is 114 Å². The summed E-state index contributed by atoms with van der Waals surface area (Å²) in [5, 5.41) is 2.34. The summed E-state index contributed by atoms with van der Waals surface area (Å²) in [5.41, 5.74) is 16.2. The number of methoxy groups -OCH3 is 6. The second-order valence-electron chi connectivity index (χ2n) is 31.5. The zero-order chi connectivity index (χ0) is 93.1. The van der Waals surface area contributed by atoms with Gasteiger partial charge in [0.15, 0.2) is 0 Å². The molecule has 4 aromatic carbocycles. The van der Waals surface area contributed by atoms with Gasteiger partial charge < -0.3 is 105 Å². The van der Waals surface area contributed by atoms with E-state index in [1.54, 1.807) is 54.8 Å². The number of hydrogen-bond acceptors (Lipinski definition) is 26. The lowest BCUT2D eigenvalue weighted by Crippen LogP contribution is -2.43. The topological polar surface area (TPSA) is 301 Å². The molecule has 0 saturated carbocycles. The zero-order valence-electron chi connectivity index (χ0n) is 78.2. The molecule has 0 unspecified atom stereocenters. The molecule has 8 bridgehead atoms. The Hall–Kier alpha value is -10.3. The molecule has 4 aliphatic heterocycles. The van der Waals surface area contributed by atoms with Gasteiger partial charge in [-0.05, 0) is 113 Å². The van der Waals surface area contributed by atoms with Crippen LogP contribution in [0.5, 0.6) is 23.0 Å². The van der Waals surface area contributed by atoms with Gasteiger partial charge in [0.2, 0.25) is 0 Å². The van der Waals surface area contributed by atoms with Gasteiger partial charge in [-0.25, -0.2) is 9.97 Å². The van der Waals surface area contributed by atoms with Crippen molar-refractivity contribution >= 4 is 77.7 Å². The lowest BCUT2D eigenvalue weighted by molar-refractivity contribution is -0.166. The number of fused-ring (bicyclic) bond motifs is 9. The third-order valence-corrected chi connectivity index (χ3v) is 28.1. The number of benzene rings is 4. The highest BCUT2D eigenvalue weighted by molar-refractivity contribution is 6.90. The molecule has 31 heteroatoms. The molecule has 0 spiro atoms. The number of ether oxygens (including phenoxy) is 20. The lowest BCUT2D eigenvalue weighted by atomic mass is 10.0. The third kappa shape index (κ3) is 29.1. The van der Waals surface area contributed by atoms with Crippen LogP contribution in [0.25, 0.3) is 80.0 Å². The summed E-state index contributed by atoms with van der Waals surface area (Å²) in [6.07, 6.45) is 7.99. The van der Waals surface area contributed by atoms with E-state index in [0.29, 0.717) is 261 Å². The summed E-state index contributed by atoms with van der Waals surface area (Å²) in [5.74, 6) is 11.9. The number of carbonyl (C=O) groups is 2. The SMILES string of the molecule is COCCOCCOCCOc1cc(OCCOCCOCCOC)cc(-c2c3nc(c(C#C[Si](C(C)C)(C(C)C)C(C)C)c4ccc([nH]4)c(-c4cc(OCCOCCOCCOC)cc(OCCOCCOCCOC)c4)c4nc(c(C#Cc5ccc(C6=C7C(=O)N(OCCOCCOC)C(c8ccccc8)=C7C(=O)N6OCCOCCOC)cc5)c5ccc2[nH]5)C=C4)C=C3)c1. The van der Waals surface area contributed by atoms with E-state index in [9.17, 15) is 0 Å². The van der Waals surface area contributed by atoms with Crippen molar-refractivity contribution in [2.24, 2.45) is 0 Å². The van der Waals surface area contributed by atoms with Gasteiger partial charge >= 0.3 is 0 Å². The average molecular weight is 1840 g/mol. The smallest absolute Gasteiger partial charge is 0.285 e. The lowest BCUT2D eigenvalue weighted by Gasteiger charge is -2.38. The van der Waals surface area contributed by atoms with Gasteiger partial charge in [-0.2, -0.15) is 10.1 Å². The fourth-order valence-electron chi connectivity index (χ4n) is 15.5. The molecule has 7 aromatic rings. The number of rotatable bonds is 61. The number of amides is 2. The van der Waals surface area contributed by atoms with E-state index in [1.165, 1.54) is 10.1 Å². The molecule has 710 valence electrons. The van der Waals surface area contributed by atoms with Crippen molar-refractivity contribution in [1.29, 1.82) is 0 Å². The first kappa shape index (κ1) is 102. The Labute approximate surface area is 775 Å². The van der Waals surface area contributed by atoms with Crippen LogP contribution in [0.15, 0.2) is 126 Å². The second kappa shape index (κ2) is 55.4. The molecule has 0 radical (unpaired) electrons. The maximum Gasteiger partial charge on any atom is 0.285 e. The molecule has 4 aliphatic rings. The molecule has 0 atom stereocenters. The maximum atomic E-state index is 15.2. The number of hydrogen-bond donors (Lipinski definition) is 2. The molecular formula is C101H128N6O24Si. The van der Waals surface area contributed by atoms with Gasteiger partial charge in [-0.15, -0.1) is 5.54 Å². The monoisotopic (exact) mass is 1840 g/mol. The normalized spacial score (nSPS) is 13.1. The number of aromatic amines is 2. The number of nitrogens with zero attached hydrogens (tertiary/aromatic N) is 4. The van der Waals surface area contributed by atoms with E-state index >= 15 is 9.59 Å². The summed E-state index contributed by atoms with van der Waals surface area (Å²) < 4.78 is 116. The maximum absolute atomic E-state index is 15.2. The Morgan fingerprint density at radius 2 is 0.606 bits per heavy atom. The Morgan fingerprint density at radius 3 is 0.939 bits per heavy atom. The zero-order valence-corrected chi connectivity index (χ0v) is 79.2. The predicted octanol–water partition coefficient (Wildman–Crippen LogP) is 14.2. The molecule has 2 N–H and O–H groups in total. The largest absolute Gasteiger partial charge is 0.491 e. The van der Waals surface area contributed by atoms with Gasteiger partial charge in [0.1, 0.15) is 57.5 Å². The third-order valence-electron chi connectivity index (χ3n) is 21.8. The highest BCUT2D eigenvalue weighted by Gasteiger charge is 2.51. The first-order chi connectivity index (χ1) is 64.6. The van der Waals surface area contributed by atoms with Crippen LogP contribution in [0, 0.1) is 23.3 Å². The first-order valence-corrected chi connectivity index (χ1v) is 47.2. The summed E-state index contributed by atoms with van der Waals surface area (Å²) >= 11 is 0. The predicted molar refractivity (Wildman–Crippen MR) is 507 cm³/mol. The van der Waals surface area contributed by atoms with Crippen molar-refractivity contribution in [3.8, 4) is 68.6 Å². The summed E-state index contributed by atoms with van der Waals surface area (Å²) in [6, 6.07) is 36.1. The Kier molecular flexibility index (Phi) is 42.9. The number of carbonyl (C=O) groups excluding carboxylic acids is 2. The van der Waals surface area contributed by atoms with Gasteiger partial charge in [0.05, 0.1) is 252 Å². The van der Waals surface area contributed by atoms with Crippen LogP contribution < -0.4 is 18.9 Å². The van der Waals surface area contributed by atoms with E-state index < -0.39 is 19.9 Å². The van der Waals surface area contributed by atoms with Crippen LogP contribution in [-0.4, -0.2) is 304 Å². The van der Waals surface area contributed by atoms with Crippen molar-refractivity contribution in [3.63, 3.8) is 0 Å². The van der Waals surface area contributed by atoms with Gasteiger partial charge in [-0.3, -0.25) is 19.3 Å². The van der Waals surface area contributed by atoms with E-state index in [2.05, 4.69) is 86.9 Å². The van der Waals surface area contributed by atoms with Crippen LogP contribution in [0.1, 0.15) is 92.1 Å². The molecule has 0 fully saturated rings. The van der Waals surface area contributed by atoms with Crippen LogP contribution in [0.3, 0.4) is 0 Å². The molecule has 7 heterocycles. The molecule has 3 aromatic heterocycles. The van der Waals surface area contributed by atoms with Crippen LogP contribution in [-0.2, 0) is 95.1 Å². The second-order valence-corrected chi connectivity index (χ2v) is 37.1. The summed E-state index contributed by atoms with van der Waals surface area (Å²) in [4.78, 5) is 62.1. The number of H-pyrrole nitrogens is 2. The summed E-state index contributed by atoms with van der Waals surface area (Å²) in [6.45, 7) is 24.0. The number of nitrogens with one attached hydrogen (secondary N) is 2. The first-order valence-electron chi connectivity index (χ1n) is 45.0. The van der Waals surface area contributed by atoms with Crippen molar-refractivity contribution < 1.29 is 114 Å². The molecule has 2 amide bonds. The minimum atomic E-state index is -2.44. The highest BCUT2D eigenvalue weighted by atomic mass is 28.3. The average Bonchev–Trinajstić information content (AvgIpc) is 1.55. The van der Waals surface area contributed by atoms with Crippen molar-refractivity contribution in [2.75, 3.05) is 254 Å². The fourth-order valence-corrected chi connectivity index (χ4v) is 20.7. The van der Waals surface area contributed by atoms with Crippen molar-refractivity contribution in [1.82, 2.24) is 30.1 Å². The Balaban J connectivity index is 1.12. The fraction of sp³-hybridized carbons (Fsp3) is 0.465. The van der Waals surface area contributed by atoms with Gasteiger partial charge in [-0.1, -0.05) is 102 Å². The standard InChI is InChI=1S/C101H128N6O24Si/c1-72(2)132(73(3)4,74(5)6)65-32-85-88-26-30-92(104-88)94(78-66-80(126-59-53-122-49-45-116-39-33-110-7)70-81(67-78)127-60-54-123-50-46-117-40-34-111-8)90-28-24-86(102-90)84(87-25-29-91(103-87)95(93-31-27-89(85)105-93)79-68-82(128-61-55-124-51-47-118-41-35-112-9)71-83(69-79)129-62-56-125-52-48-119-42-36-113-10)23-20-75-18-21-77(22-19-75)99-97-96(100(108)107(99)131-64-58-121-44-38-115-12)98(76-16-14-13-15-17-76)106(101(97)109)130-63-57-120-43-37-114-11/h13-19,21-22,24-31,66-74,102,105H,33-64H2,1-12H3.